The average molecular weight is 570 g/mol. The van der Waals surface area contributed by atoms with Crippen molar-refractivity contribution < 1.29 is 18.0 Å². The van der Waals surface area contributed by atoms with E-state index < -0.39 is 28.5 Å². The van der Waals surface area contributed by atoms with Crippen molar-refractivity contribution in [2.24, 2.45) is 0 Å². The minimum absolute atomic E-state index is 0.0122. The Morgan fingerprint density at radius 2 is 1.64 bits per heavy atom. The van der Waals surface area contributed by atoms with E-state index in [0.29, 0.717) is 23.7 Å². The molecule has 1 atom stereocenters. The van der Waals surface area contributed by atoms with Gasteiger partial charge in [-0.1, -0.05) is 79.9 Å². The summed E-state index contributed by atoms with van der Waals surface area (Å²) in [5, 5.41) is 3.34. The number of nitrogens with zero attached hydrogens (tertiary/aromatic N) is 2. The van der Waals surface area contributed by atoms with Crippen molar-refractivity contribution in [1.82, 2.24) is 10.2 Å². The molecule has 208 valence electrons. The van der Waals surface area contributed by atoms with Crippen LogP contribution in [0.4, 0.5) is 5.69 Å². The zero-order valence-corrected chi connectivity index (χ0v) is 24.2. The van der Waals surface area contributed by atoms with E-state index in [-0.39, 0.29) is 17.3 Å². The molecule has 0 radical (unpaired) electrons. The van der Waals surface area contributed by atoms with E-state index in [2.05, 4.69) is 5.32 Å². The molecule has 3 rings (SSSR count). The van der Waals surface area contributed by atoms with E-state index in [1.54, 1.807) is 30.3 Å². The quantitative estimate of drug-likeness (QED) is 0.273. The molecular weight excluding hydrogens is 534 g/mol. The lowest BCUT2D eigenvalue weighted by molar-refractivity contribution is -0.140. The highest BCUT2D eigenvalue weighted by Crippen LogP contribution is 2.25. The number of sulfonamides is 1. The summed E-state index contributed by atoms with van der Waals surface area (Å²) < 4.78 is 28.7. The van der Waals surface area contributed by atoms with Crippen molar-refractivity contribution in [2.75, 3.05) is 17.4 Å². The van der Waals surface area contributed by atoms with Crippen LogP contribution in [0, 0.1) is 6.92 Å². The molecule has 0 bridgehead atoms. The first kappa shape index (κ1) is 30.2. The van der Waals surface area contributed by atoms with Gasteiger partial charge in [0, 0.05) is 18.1 Å². The highest BCUT2D eigenvalue weighted by atomic mass is 35.5. The van der Waals surface area contributed by atoms with Gasteiger partial charge >= 0.3 is 0 Å². The van der Waals surface area contributed by atoms with Crippen LogP contribution in [0.25, 0.3) is 0 Å². The summed E-state index contributed by atoms with van der Waals surface area (Å²) >= 11 is 5.99. The maximum absolute atomic E-state index is 14.0. The second kappa shape index (κ2) is 14.1. The zero-order chi connectivity index (χ0) is 28.4. The maximum atomic E-state index is 14.0. The van der Waals surface area contributed by atoms with Crippen LogP contribution in [0.3, 0.4) is 0 Å². The first-order chi connectivity index (χ1) is 18.7. The minimum Gasteiger partial charge on any atom is -0.354 e. The van der Waals surface area contributed by atoms with Gasteiger partial charge in [0.15, 0.2) is 0 Å². The third kappa shape index (κ3) is 8.07. The molecule has 39 heavy (non-hydrogen) atoms. The van der Waals surface area contributed by atoms with Crippen LogP contribution < -0.4 is 9.62 Å². The number of carbonyl (C=O) groups excluding carboxylic acids is 2. The van der Waals surface area contributed by atoms with Gasteiger partial charge in [-0.05, 0) is 61.7 Å². The number of unbranched alkanes of at least 4 members (excludes halogenated alkanes) is 1. The molecule has 0 saturated carbocycles. The molecule has 0 spiro atoms. The Bertz CT molecular complexity index is 1350. The fraction of sp³-hybridized carbons (Fsp3) is 0.333. The number of aryl methyl sites for hydroxylation is 1. The monoisotopic (exact) mass is 569 g/mol. The number of para-hydroxylation sites is 1. The molecule has 3 aromatic rings. The molecule has 7 nitrogen and oxygen atoms in total. The van der Waals surface area contributed by atoms with Crippen molar-refractivity contribution >= 4 is 39.1 Å². The molecular formula is C30H36ClN3O4S. The Morgan fingerprint density at radius 1 is 0.949 bits per heavy atom. The number of rotatable bonds is 13. The topological polar surface area (TPSA) is 86.8 Å². The van der Waals surface area contributed by atoms with Gasteiger partial charge in [0.1, 0.15) is 12.6 Å². The van der Waals surface area contributed by atoms with Crippen molar-refractivity contribution in [1.29, 1.82) is 0 Å². The molecule has 0 aromatic heterocycles. The Kier molecular flexibility index (Phi) is 10.9. The Morgan fingerprint density at radius 3 is 2.26 bits per heavy atom. The molecule has 0 aliphatic heterocycles. The van der Waals surface area contributed by atoms with Crippen LogP contribution >= 0.6 is 11.6 Å². The first-order valence-corrected chi connectivity index (χ1v) is 14.9. The highest BCUT2D eigenvalue weighted by Gasteiger charge is 2.33. The summed E-state index contributed by atoms with van der Waals surface area (Å²) in [5.74, 6) is -0.728. The molecule has 2 amide bonds. The number of nitrogens with one attached hydrogen (secondary N) is 1. The number of benzene rings is 3. The second-order valence-electron chi connectivity index (χ2n) is 9.38. The Balaban J connectivity index is 2.01. The van der Waals surface area contributed by atoms with Crippen molar-refractivity contribution in [3.8, 4) is 0 Å². The molecule has 0 fully saturated rings. The summed E-state index contributed by atoms with van der Waals surface area (Å²) in [6.07, 6.45) is 2.14. The molecule has 0 aliphatic carbocycles. The molecule has 3 aromatic carbocycles. The molecule has 0 heterocycles. The third-order valence-electron chi connectivity index (χ3n) is 6.38. The summed E-state index contributed by atoms with van der Waals surface area (Å²) in [6.45, 7) is 6.05. The smallest absolute Gasteiger partial charge is 0.264 e. The van der Waals surface area contributed by atoms with Gasteiger partial charge in [-0.3, -0.25) is 13.9 Å². The number of hydrogen-bond donors (Lipinski definition) is 1. The van der Waals surface area contributed by atoms with Gasteiger partial charge in [0.05, 0.1) is 10.6 Å². The van der Waals surface area contributed by atoms with E-state index >= 15 is 0 Å². The largest absolute Gasteiger partial charge is 0.354 e. The molecule has 1 N–H and O–H groups in total. The van der Waals surface area contributed by atoms with Gasteiger partial charge in [-0.25, -0.2) is 8.42 Å². The van der Waals surface area contributed by atoms with Crippen molar-refractivity contribution in [3.63, 3.8) is 0 Å². The van der Waals surface area contributed by atoms with E-state index in [4.69, 9.17) is 11.6 Å². The van der Waals surface area contributed by atoms with Crippen LogP contribution in [0.15, 0.2) is 83.8 Å². The number of hydrogen-bond acceptors (Lipinski definition) is 4. The SMILES string of the molecule is CCCCNC(=O)[C@H](CC)N(Cc1cccc(C)c1)C(=O)CN(c1ccccc1)S(=O)(=O)c1ccc(Cl)cc1. The van der Waals surface area contributed by atoms with E-state index in [9.17, 15) is 18.0 Å². The van der Waals surface area contributed by atoms with Crippen molar-refractivity contribution in [2.45, 2.75) is 57.5 Å². The predicted octanol–water partition coefficient (Wildman–Crippen LogP) is 5.57. The van der Waals surface area contributed by atoms with Gasteiger partial charge < -0.3 is 10.2 Å². The summed E-state index contributed by atoms with van der Waals surface area (Å²) in [4.78, 5) is 28.7. The van der Waals surface area contributed by atoms with Gasteiger partial charge in [0.25, 0.3) is 10.0 Å². The fourth-order valence-electron chi connectivity index (χ4n) is 4.29. The first-order valence-electron chi connectivity index (χ1n) is 13.1. The highest BCUT2D eigenvalue weighted by molar-refractivity contribution is 7.92. The lowest BCUT2D eigenvalue weighted by atomic mass is 10.1. The molecule has 9 heteroatoms. The third-order valence-corrected chi connectivity index (χ3v) is 8.42. The number of amides is 2. The Labute approximate surface area is 236 Å². The normalized spacial score (nSPS) is 12.0. The summed E-state index contributed by atoms with van der Waals surface area (Å²) in [6, 6.07) is 21.3. The predicted molar refractivity (Wildman–Crippen MR) is 156 cm³/mol. The van der Waals surface area contributed by atoms with Crippen LogP contribution in [0.5, 0.6) is 0 Å². The number of carbonyl (C=O) groups is 2. The van der Waals surface area contributed by atoms with Crippen LogP contribution in [0.1, 0.15) is 44.2 Å². The second-order valence-corrected chi connectivity index (χ2v) is 11.7. The Hall–Kier alpha value is -3.36. The lowest BCUT2D eigenvalue weighted by Crippen LogP contribution is -2.52. The van der Waals surface area contributed by atoms with Gasteiger partial charge in [-0.15, -0.1) is 0 Å². The molecule has 0 aliphatic rings. The maximum Gasteiger partial charge on any atom is 0.264 e. The van der Waals surface area contributed by atoms with Crippen LogP contribution in [0.2, 0.25) is 5.02 Å². The van der Waals surface area contributed by atoms with Gasteiger partial charge in [0.2, 0.25) is 11.8 Å². The molecule has 0 saturated heterocycles. The fourth-order valence-corrected chi connectivity index (χ4v) is 5.83. The van der Waals surface area contributed by atoms with Gasteiger partial charge in [-0.2, -0.15) is 0 Å². The van der Waals surface area contributed by atoms with E-state index in [1.807, 2.05) is 45.0 Å². The van der Waals surface area contributed by atoms with Crippen LogP contribution in [-0.2, 0) is 26.2 Å². The standard InChI is InChI=1S/C30H36ClN3O4S/c1-4-6-19-32-30(36)28(5-2)33(21-24-12-10-11-23(3)20-24)29(35)22-34(26-13-8-7-9-14-26)39(37,38)27-17-15-25(31)16-18-27/h7-18,20,28H,4-6,19,21-22H2,1-3H3,(H,32,36)/t28-/m0/s1. The van der Waals surface area contributed by atoms with Crippen LogP contribution in [-0.4, -0.2) is 44.3 Å². The van der Waals surface area contributed by atoms with Crippen molar-refractivity contribution in [3.05, 3.63) is 95.0 Å². The van der Waals surface area contributed by atoms with E-state index in [0.717, 1.165) is 28.3 Å². The minimum atomic E-state index is -4.12. The number of anilines is 1. The summed E-state index contributed by atoms with van der Waals surface area (Å²) in [7, 11) is -4.12. The van der Waals surface area contributed by atoms with E-state index in [1.165, 1.54) is 29.2 Å². The number of halogens is 1. The zero-order valence-electron chi connectivity index (χ0n) is 22.6. The molecule has 0 unspecified atom stereocenters. The lowest BCUT2D eigenvalue weighted by Gasteiger charge is -2.33. The summed E-state index contributed by atoms with van der Waals surface area (Å²) in [5.41, 5.74) is 2.23. The average Bonchev–Trinajstić information content (AvgIpc) is 2.92.